The number of ether oxygens (including phenoxy) is 1. The minimum absolute atomic E-state index is 0.187. The zero-order valence-corrected chi connectivity index (χ0v) is 20.6. The summed E-state index contributed by atoms with van der Waals surface area (Å²) >= 11 is 0. The summed E-state index contributed by atoms with van der Waals surface area (Å²) in [6.45, 7) is 3.69. The molecule has 6 rings (SSSR count). The molecule has 4 aliphatic heterocycles. The maximum Gasteiger partial charge on any atom is 0.255 e. The molecule has 1 aromatic carbocycles. The molecule has 0 spiro atoms. The largest absolute Gasteiger partial charge is 0.375 e. The Balaban J connectivity index is 1.04. The normalized spacial score (nSPS) is 33.9. The molecule has 0 bridgehead atoms. The number of imide groups is 1. The molecule has 1 unspecified atom stereocenters. The lowest BCUT2D eigenvalue weighted by molar-refractivity contribution is -0.136. The number of hydrogen-bond acceptors (Lipinski definition) is 6. The van der Waals surface area contributed by atoms with Crippen molar-refractivity contribution in [3.8, 4) is 0 Å². The van der Waals surface area contributed by atoms with Crippen molar-refractivity contribution in [1.29, 1.82) is 0 Å². The van der Waals surface area contributed by atoms with Crippen LogP contribution in [0, 0.1) is 0 Å². The number of likely N-dealkylation sites (tertiary alicyclic amines) is 1. The van der Waals surface area contributed by atoms with E-state index in [2.05, 4.69) is 15.5 Å². The molecule has 4 heterocycles. The molecule has 3 atom stereocenters. The van der Waals surface area contributed by atoms with Crippen molar-refractivity contribution in [3.63, 3.8) is 0 Å². The summed E-state index contributed by atoms with van der Waals surface area (Å²) in [5.74, 6) is -1.09. The van der Waals surface area contributed by atoms with Crippen LogP contribution in [-0.4, -0.2) is 84.2 Å². The van der Waals surface area contributed by atoms with E-state index in [1.54, 1.807) is 11.0 Å². The number of carbonyl (C=O) groups is 3. The van der Waals surface area contributed by atoms with Crippen LogP contribution in [0.3, 0.4) is 0 Å². The first-order valence-corrected chi connectivity index (χ1v) is 13.5. The van der Waals surface area contributed by atoms with Gasteiger partial charge >= 0.3 is 0 Å². The second-order valence-corrected chi connectivity index (χ2v) is 11.1. The molecule has 5 aliphatic rings. The van der Waals surface area contributed by atoms with Crippen molar-refractivity contribution in [3.05, 3.63) is 34.9 Å². The highest BCUT2D eigenvalue weighted by Gasteiger charge is 2.42. The lowest BCUT2D eigenvalue weighted by Gasteiger charge is -2.47. The average molecular weight is 499 g/mol. The fourth-order valence-corrected chi connectivity index (χ4v) is 6.61. The second-order valence-electron chi connectivity index (χ2n) is 11.1. The van der Waals surface area contributed by atoms with Gasteiger partial charge in [-0.05, 0) is 75.4 Å². The first-order valence-electron chi connectivity index (χ1n) is 13.5. The molecule has 36 heavy (non-hydrogen) atoms. The molecule has 8 nitrogen and oxygen atoms in total. The Bertz CT molecular complexity index is 1040. The smallest absolute Gasteiger partial charge is 0.255 e. The Morgan fingerprint density at radius 3 is 2.56 bits per heavy atom. The van der Waals surface area contributed by atoms with Crippen molar-refractivity contribution in [2.75, 3.05) is 26.2 Å². The third-order valence-corrected chi connectivity index (χ3v) is 8.81. The highest BCUT2D eigenvalue weighted by molar-refractivity contribution is 6.05. The Morgan fingerprint density at radius 1 is 1.00 bits per heavy atom. The van der Waals surface area contributed by atoms with E-state index in [4.69, 9.17) is 4.74 Å². The van der Waals surface area contributed by atoms with Crippen LogP contribution in [0.15, 0.2) is 18.2 Å². The molecule has 1 aliphatic carbocycles. The van der Waals surface area contributed by atoms with Gasteiger partial charge in [-0.3, -0.25) is 24.6 Å². The van der Waals surface area contributed by atoms with Gasteiger partial charge in [0.05, 0.1) is 12.2 Å². The second kappa shape index (κ2) is 9.84. The van der Waals surface area contributed by atoms with Gasteiger partial charge in [-0.25, -0.2) is 4.39 Å². The summed E-state index contributed by atoms with van der Waals surface area (Å²) in [6, 6.07) is 5.40. The average Bonchev–Trinajstić information content (AvgIpc) is 3.17. The summed E-state index contributed by atoms with van der Waals surface area (Å²) in [6.07, 6.45) is 5.21. The Morgan fingerprint density at radius 2 is 1.81 bits per heavy atom. The highest BCUT2D eigenvalue weighted by Crippen LogP contribution is 2.38. The molecule has 3 amide bonds. The molecule has 2 N–H and O–H groups in total. The Kier molecular flexibility index (Phi) is 6.56. The quantitative estimate of drug-likeness (QED) is 0.603. The van der Waals surface area contributed by atoms with Gasteiger partial charge in [0.1, 0.15) is 12.2 Å². The molecule has 3 saturated heterocycles. The number of benzene rings is 1. The molecule has 4 fully saturated rings. The number of fused-ring (bicyclic) bond motifs is 1. The number of halogens is 1. The SMILES string of the molecule is O=C1CCC(N2Cc3cc([C@@H]4CCN(C5CC(OC6CCNCC6)C5)C[C@@H]4F)ccc3C2=O)C(=O)N1. The van der Waals surface area contributed by atoms with E-state index < -0.39 is 18.1 Å². The van der Waals surface area contributed by atoms with Gasteiger partial charge in [0.2, 0.25) is 11.8 Å². The zero-order valence-electron chi connectivity index (χ0n) is 20.6. The van der Waals surface area contributed by atoms with Gasteiger partial charge in [0.25, 0.3) is 5.91 Å². The van der Waals surface area contributed by atoms with E-state index >= 15 is 4.39 Å². The third kappa shape index (κ3) is 4.57. The van der Waals surface area contributed by atoms with Crippen molar-refractivity contribution >= 4 is 17.7 Å². The third-order valence-electron chi connectivity index (χ3n) is 8.81. The first-order chi connectivity index (χ1) is 17.5. The van der Waals surface area contributed by atoms with Crippen LogP contribution in [0.25, 0.3) is 0 Å². The molecule has 0 aromatic heterocycles. The van der Waals surface area contributed by atoms with Crippen LogP contribution in [0.1, 0.15) is 72.3 Å². The van der Waals surface area contributed by atoms with Crippen LogP contribution >= 0.6 is 0 Å². The molecular formula is C27H35FN4O4. The van der Waals surface area contributed by atoms with Gasteiger partial charge < -0.3 is 15.0 Å². The topological polar surface area (TPSA) is 91.0 Å². The summed E-state index contributed by atoms with van der Waals surface area (Å²) in [4.78, 5) is 40.6. The summed E-state index contributed by atoms with van der Waals surface area (Å²) in [5, 5.41) is 5.70. The van der Waals surface area contributed by atoms with Gasteiger partial charge in [-0.1, -0.05) is 12.1 Å². The molecule has 1 aromatic rings. The van der Waals surface area contributed by atoms with Crippen LogP contribution < -0.4 is 10.6 Å². The van der Waals surface area contributed by atoms with E-state index in [0.717, 1.165) is 62.9 Å². The number of rotatable bonds is 5. The number of nitrogens with one attached hydrogen (secondary N) is 2. The number of amides is 3. The lowest BCUT2D eigenvalue weighted by Crippen LogP contribution is -2.54. The number of piperidine rings is 3. The van der Waals surface area contributed by atoms with E-state index in [1.165, 1.54) is 0 Å². The Hall–Kier alpha value is -2.36. The fourth-order valence-electron chi connectivity index (χ4n) is 6.61. The lowest BCUT2D eigenvalue weighted by atomic mass is 9.82. The van der Waals surface area contributed by atoms with Crippen LogP contribution in [0.2, 0.25) is 0 Å². The number of nitrogens with zero attached hydrogens (tertiary/aromatic N) is 2. The minimum Gasteiger partial charge on any atom is -0.375 e. The summed E-state index contributed by atoms with van der Waals surface area (Å²) in [5.41, 5.74) is 2.35. The van der Waals surface area contributed by atoms with Crippen molar-refractivity contribution in [2.45, 2.75) is 87.9 Å². The van der Waals surface area contributed by atoms with Crippen molar-refractivity contribution < 1.29 is 23.5 Å². The standard InChI is InChI=1S/C27H35FN4O4/c28-23-15-31(18-12-20(13-18)36-19-5-8-29-9-6-19)10-7-21(23)16-1-2-22-17(11-16)14-32(27(22)35)24-3-4-25(33)30-26(24)34/h1-2,11,18-21,23-24,29H,3-10,12-15H2,(H,30,33,34)/t18?,20?,21-,23-,24?/m0/s1. The molecule has 194 valence electrons. The minimum atomic E-state index is -0.954. The molecular weight excluding hydrogens is 463 g/mol. The van der Waals surface area contributed by atoms with Gasteiger partial charge in [-0.15, -0.1) is 0 Å². The number of carbonyl (C=O) groups excluding carboxylic acids is 3. The van der Waals surface area contributed by atoms with Gasteiger partial charge in [0, 0.05) is 37.0 Å². The van der Waals surface area contributed by atoms with Crippen LogP contribution in [0.4, 0.5) is 4.39 Å². The van der Waals surface area contributed by atoms with E-state index in [-0.39, 0.29) is 24.2 Å². The van der Waals surface area contributed by atoms with Gasteiger partial charge in [0.15, 0.2) is 0 Å². The molecule has 9 heteroatoms. The maximum absolute atomic E-state index is 15.4. The monoisotopic (exact) mass is 498 g/mol. The molecule has 1 saturated carbocycles. The summed E-state index contributed by atoms with van der Waals surface area (Å²) in [7, 11) is 0. The van der Waals surface area contributed by atoms with E-state index in [9.17, 15) is 14.4 Å². The van der Waals surface area contributed by atoms with E-state index in [0.29, 0.717) is 43.3 Å². The van der Waals surface area contributed by atoms with Crippen LogP contribution in [-0.2, 0) is 20.9 Å². The molecule has 0 radical (unpaired) electrons. The highest BCUT2D eigenvalue weighted by atomic mass is 19.1. The van der Waals surface area contributed by atoms with Crippen LogP contribution in [0.5, 0.6) is 0 Å². The van der Waals surface area contributed by atoms with E-state index in [1.807, 2.05) is 12.1 Å². The predicted octanol–water partition coefficient (Wildman–Crippen LogP) is 1.87. The number of alkyl halides is 1. The maximum atomic E-state index is 15.4. The summed E-state index contributed by atoms with van der Waals surface area (Å²) < 4.78 is 21.7. The van der Waals surface area contributed by atoms with Crippen molar-refractivity contribution in [2.24, 2.45) is 0 Å². The van der Waals surface area contributed by atoms with Crippen molar-refractivity contribution in [1.82, 2.24) is 20.4 Å². The van der Waals surface area contributed by atoms with Gasteiger partial charge in [-0.2, -0.15) is 0 Å². The zero-order chi connectivity index (χ0) is 24.8. The fraction of sp³-hybridized carbons (Fsp3) is 0.667. The first kappa shape index (κ1) is 24.0. The Labute approximate surface area is 210 Å². The predicted molar refractivity (Wildman–Crippen MR) is 130 cm³/mol. The number of hydrogen-bond donors (Lipinski definition) is 2.